The van der Waals surface area contributed by atoms with Crippen LogP contribution in [0, 0.1) is 13.8 Å². The van der Waals surface area contributed by atoms with Crippen molar-refractivity contribution in [3.05, 3.63) is 46.8 Å². The van der Waals surface area contributed by atoms with Crippen molar-refractivity contribution >= 4 is 0 Å². The Labute approximate surface area is 126 Å². The number of aliphatic hydroxyl groups excluding tert-OH is 1. The first-order chi connectivity index (χ1) is 10.0. The third-order valence-electron chi connectivity index (χ3n) is 4.03. The molecule has 0 spiro atoms. The van der Waals surface area contributed by atoms with Gasteiger partial charge in [-0.1, -0.05) is 18.2 Å². The van der Waals surface area contributed by atoms with Crippen molar-refractivity contribution in [2.75, 3.05) is 7.11 Å². The largest absolute Gasteiger partial charge is 0.496 e. The molecule has 4 nitrogen and oxygen atoms in total. The van der Waals surface area contributed by atoms with Crippen molar-refractivity contribution in [3.63, 3.8) is 0 Å². The molecule has 0 aliphatic heterocycles. The van der Waals surface area contributed by atoms with Gasteiger partial charge in [0, 0.05) is 19.2 Å². The monoisotopic (exact) mass is 288 g/mol. The van der Waals surface area contributed by atoms with Crippen molar-refractivity contribution in [1.29, 1.82) is 0 Å². The molecule has 1 aromatic heterocycles. The van der Waals surface area contributed by atoms with E-state index in [1.807, 2.05) is 42.9 Å². The average Bonchev–Trinajstić information content (AvgIpc) is 2.71. The molecule has 0 bridgehead atoms. The summed E-state index contributed by atoms with van der Waals surface area (Å²) in [7, 11) is 3.62. The molecule has 0 radical (unpaired) electrons. The van der Waals surface area contributed by atoms with Crippen LogP contribution >= 0.6 is 0 Å². The molecule has 1 unspecified atom stereocenters. The molecule has 0 aliphatic carbocycles. The van der Waals surface area contributed by atoms with Crippen molar-refractivity contribution in [2.45, 2.75) is 39.2 Å². The van der Waals surface area contributed by atoms with E-state index in [9.17, 15) is 5.11 Å². The van der Waals surface area contributed by atoms with Gasteiger partial charge in [0.1, 0.15) is 5.75 Å². The fraction of sp³-hybridized carbons (Fsp3) is 0.471. The normalized spacial score (nSPS) is 12.4. The van der Waals surface area contributed by atoms with E-state index in [-0.39, 0.29) is 6.10 Å². The number of methoxy groups -OCH3 is 1. The molecule has 0 aliphatic rings. The molecule has 2 rings (SSSR count). The first-order valence-corrected chi connectivity index (χ1v) is 7.32. The lowest BCUT2D eigenvalue weighted by atomic mass is 10.00. The lowest BCUT2D eigenvalue weighted by Crippen LogP contribution is -2.13. The van der Waals surface area contributed by atoms with Crippen LogP contribution in [-0.2, 0) is 19.9 Å². The second kappa shape index (κ2) is 6.76. The highest BCUT2D eigenvalue weighted by molar-refractivity contribution is 5.33. The highest BCUT2D eigenvalue weighted by atomic mass is 16.5. The van der Waals surface area contributed by atoms with Crippen molar-refractivity contribution in [2.24, 2.45) is 7.05 Å². The Balaban J connectivity index is 1.97. The van der Waals surface area contributed by atoms with Crippen LogP contribution < -0.4 is 4.74 Å². The number of rotatable bonds is 6. The lowest BCUT2D eigenvalue weighted by Gasteiger charge is -2.13. The van der Waals surface area contributed by atoms with Crippen LogP contribution in [0.5, 0.6) is 5.75 Å². The average molecular weight is 288 g/mol. The number of hydrogen-bond donors (Lipinski definition) is 1. The van der Waals surface area contributed by atoms with Crippen molar-refractivity contribution in [3.8, 4) is 5.75 Å². The first kappa shape index (κ1) is 15.6. The highest BCUT2D eigenvalue weighted by Crippen LogP contribution is 2.21. The fourth-order valence-electron chi connectivity index (χ4n) is 2.72. The molecule has 1 heterocycles. The number of benzene rings is 1. The van der Waals surface area contributed by atoms with E-state index < -0.39 is 0 Å². The number of para-hydroxylation sites is 1. The maximum absolute atomic E-state index is 10.3. The van der Waals surface area contributed by atoms with Crippen LogP contribution in [0.25, 0.3) is 0 Å². The summed E-state index contributed by atoms with van der Waals surface area (Å²) in [5.74, 6) is 0.838. The molecule has 0 saturated heterocycles. The Morgan fingerprint density at radius 1 is 1.29 bits per heavy atom. The fourth-order valence-corrected chi connectivity index (χ4v) is 2.72. The topological polar surface area (TPSA) is 47.3 Å². The standard InChI is InChI=1S/C17H24N2O2/c1-12-16(13(2)19(3)18-12)10-9-15(20)11-14-7-5-6-8-17(14)21-4/h5-8,15,20H,9-11H2,1-4H3. The van der Waals surface area contributed by atoms with Gasteiger partial charge >= 0.3 is 0 Å². The molecular weight excluding hydrogens is 264 g/mol. The summed E-state index contributed by atoms with van der Waals surface area (Å²) in [5.41, 5.74) is 4.53. The minimum absolute atomic E-state index is 0.375. The van der Waals surface area contributed by atoms with E-state index in [1.54, 1.807) is 7.11 Å². The van der Waals surface area contributed by atoms with Crippen LogP contribution in [-0.4, -0.2) is 28.1 Å². The zero-order valence-electron chi connectivity index (χ0n) is 13.3. The van der Waals surface area contributed by atoms with Crippen LogP contribution in [0.2, 0.25) is 0 Å². The van der Waals surface area contributed by atoms with Gasteiger partial charge in [-0.2, -0.15) is 5.10 Å². The first-order valence-electron chi connectivity index (χ1n) is 7.32. The third kappa shape index (κ3) is 3.64. The number of aromatic nitrogens is 2. The van der Waals surface area contributed by atoms with Gasteiger partial charge in [-0.05, 0) is 43.9 Å². The molecule has 2 aromatic rings. The SMILES string of the molecule is COc1ccccc1CC(O)CCc1c(C)nn(C)c1C. The zero-order valence-corrected chi connectivity index (χ0v) is 13.3. The number of aryl methyl sites for hydroxylation is 2. The Bertz CT molecular complexity index is 605. The summed E-state index contributed by atoms with van der Waals surface area (Å²) in [6.07, 6.45) is 1.82. The summed E-state index contributed by atoms with van der Waals surface area (Å²) in [6.45, 7) is 4.09. The summed E-state index contributed by atoms with van der Waals surface area (Å²) in [4.78, 5) is 0. The smallest absolute Gasteiger partial charge is 0.122 e. The highest BCUT2D eigenvalue weighted by Gasteiger charge is 2.13. The summed E-state index contributed by atoms with van der Waals surface area (Å²) < 4.78 is 7.23. The zero-order chi connectivity index (χ0) is 15.4. The second-order valence-corrected chi connectivity index (χ2v) is 5.48. The van der Waals surface area contributed by atoms with Gasteiger partial charge in [-0.15, -0.1) is 0 Å². The Kier molecular flexibility index (Phi) is 5.02. The van der Waals surface area contributed by atoms with Gasteiger partial charge < -0.3 is 9.84 Å². The molecule has 4 heteroatoms. The van der Waals surface area contributed by atoms with Gasteiger partial charge in [-0.25, -0.2) is 0 Å². The quantitative estimate of drug-likeness (QED) is 0.888. The second-order valence-electron chi connectivity index (χ2n) is 5.48. The number of nitrogens with zero attached hydrogens (tertiary/aromatic N) is 2. The van der Waals surface area contributed by atoms with Gasteiger partial charge in [0.2, 0.25) is 0 Å². The molecular formula is C17H24N2O2. The van der Waals surface area contributed by atoms with E-state index >= 15 is 0 Å². The maximum atomic E-state index is 10.3. The number of aliphatic hydroxyl groups is 1. The molecule has 114 valence electrons. The van der Waals surface area contributed by atoms with Crippen LogP contribution in [0.1, 0.15) is 28.9 Å². The Morgan fingerprint density at radius 2 is 2.00 bits per heavy atom. The predicted molar refractivity (Wildman–Crippen MR) is 83.7 cm³/mol. The molecule has 1 aromatic carbocycles. The van der Waals surface area contributed by atoms with Gasteiger partial charge in [-0.3, -0.25) is 4.68 Å². The molecule has 21 heavy (non-hydrogen) atoms. The van der Waals surface area contributed by atoms with Gasteiger partial charge in [0.05, 0.1) is 18.9 Å². The molecule has 0 saturated carbocycles. The van der Waals surface area contributed by atoms with E-state index in [4.69, 9.17) is 4.74 Å². The summed E-state index contributed by atoms with van der Waals surface area (Å²) in [5, 5.41) is 14.7. The van der Waals surface area contributed by atoms with E-state index in [2.05, 4.69) is 12.0 Å². The molecule has 1 atom stereocenters. The van der Waals surface area contributed by atoms with Crippen molar-refractivity contribution < 1.29 is 9.84 Å². The minimum Gasteiger partial charge on any atom is -0.496 e. The third-order valence-corrected chi connectivity index (χ3v) is 4.03. The number of hydrogen-bond acceptors (Lipinski definition) is 3. The Hall–Kier alpha value is -1.81. The predicted octanol–water partition coefficient (Wildman–Crippen LogP) is 2.58. The molecule has 0 fully saturated rings. The van der Waals surface area contributed by atoms with Gasteiger partial charge in [0.15, 0.2) is 0 Å². The van der Waals surface area contributed by atoms with Crippen LogP contribution in [0.15, 0.2) is 24.3 Å². The molecule has 1 N–H and O–H groups in total. The van der Waals surface area contributed by atoms with E-state index in [1.165, 1.54) is 11.3 Å². The van der Waals surface area contributed by atoms with Crippen molar-refractivity contribution in [1.82, 2.24) is 9.78 Å². The van der Waals surface area contributed by atoms with Crippen LogP contribution in [0.3, 0.4) is 0 Å². The summed E-state index contributed by atoms with van der Waals surface area (Å²) >= 11 is 0. The maximum Gasteiger partial charge on any atom is 0.122 e. The molecule has 0 amide bonds. The van der Waals surface area contributed by atoms with Gasteiger partial charge in [0.25, 0.3) is 0 Å². The number of ether oxygens (including phenoxy) is 1. The van der Waals surface area contributed by atoms with E-state index in [0.29, 0.717) is 6.42 Å². The lowest BCUT2D eigenvalue weighted by molar-refractivity contribution is 0.164. The Morgan fingerprint density at radius 3 is 2.62 bits per heavy atom. The minimum atomic E-state index is -0.375. The van der Waals surface area contributed by atoms with E-state index in [0.717, 1.165) is 29.8 Å². The van der Waals surface area contributed by atoms with Crippen LogP contribution in [0.4, 0.5) is 0 Å². The summed E-state index contributed by atoms with van der Waals surface area (Å²) in [6, 6.07) is 7.84.